The van der Waals surface area contributed by atoms with Gasteiger partial charge in [-0.15, -0.1) is 0 Å². The molecule has 15 nitrogen and oxygen atoms in total. The normalized spacial score (nSPS) is 28.9. The molecule has 6 atom stereocenters. The maximum absolute atomic E-state index is 14.3. The van der Waals surface area contributed by atoms with Gasteiger partial charge in [-0.3, -0.25) is 13.9 Å². The first-order valence-corrected chi connectivity index (χ1v) is 14.7. The highest BCUT2D eigenvalue weighted by molar-refractivity contribution is 7.54. The van der Waals surface area contributed by atoms with Gasteiger partial charge >= 0.3 is 13.6 Å². The molecule has 0 amide bonds. The second-order valence-corrected chi connectivity index (χ2v) is 14.2. The number of anilines is 1. The maximum Gasteiger partial charge on any atom is 0.344 e. The van der Waals surface area contributed by atoms with Crippen LogP contribution in [0.5, 0.6) is 5.88 Å². The van der Waals surface area contributed by atoms with Crippen molar-refractivity contribution in [3.63, 3.8) is 0 Å². The molecule has 2 fully saturated rings. The van der Waals surface area contributed by atoms with Crippen LogP contribution in [-0.4, -0.2) is 95.6 Å². The van der Waals surface area contributed by atoms with Crippen molar-refractivity contribution >= 4 is 30.8 Å². The van der Waals surface area contributed by atoms with Crippen LogP contribution in [0, 0.1) is 5.41 Å². The second-order valence-electron chi connectivity index (χ2n) is 12.1. The van der Waals surface area contributed by atoms with Crippen LogP contribution in [0.4, 0.5) is 5.95 Å². The number of carboxylic acids is 1. The van der Waals surface area contributed by atoms with E-state index in [1.54, 1.807) is 4.67 Å². The third-order valence-corrected chi connectivity index (χ3v) is 9.64. The number of hydrogen-bond acceptors (Lipinski definition) is 11. The minimum Gasteiger partial charge on any atom is -0.480 e. The smallest absolute Gasteiger partial charge is 0.344 e. The SMILES string of the molecule is COc1nc(N)nc2c1ncn2[C@@H]1O[C@H](COP(=O)(N[C@@](C)(CC(C)(C)C)C(=O)O)N2CCCC2)[C@@H](O)[C@@]1(C)O. The third-order valence-electron chi connectivity index (χ3n) is 7.22. The number of imidazole rings is 1. The number of aliphatic carboxylic acids is 1. The van der Waals surface area contributed by atoms with Crippen molar-refractivity contribution in [1.29, 1.82) is 0 Å². The molecule has 1 unspecified atom stereocenters. The van der Waals surface area contributed by atoms with E-state index in [-0.39, 0.29) is 29.4 Å². The summed E-state index contributed by atoms with van der Waals surface area (Å²) in [7, 11) is -2.52. The molecular formula is C24H40N7O8P. The number of rotatable bonds is 10. The third kappa shape index (κ3) is 5.82. The zero-order valence-corrected chi connectivity index (χ0v) is 24.6. The van der Waals surface area contributed by atoms with Crippen LogP contribution in [0.25, 0.3) is 11.2 Å². The van der Waals surface area contributed by atoms with Crippen molar-refractivity contribution in [1.82, 2.24) is 29.3 Å². The van der Waals surface area contributed by atoms with Crippen LogP contribution < -0.4 is 15.6 Å². The van der Waals surface area contributed by atoms with Gasteiger partial charge in [0, 0.05) is 13.1 Å². The average molecular weight is 586 g/mol. The van der Waals surface area contributed by atoms with E-state index in [1.165, 1.54) is 31.9 Å². The number of nitrogens with two attached hydrogens (primary N) is 1. The summed E-state index contributed by atoms with van der Waals surface area (Å²) in [6, 6.07) is 0. The zero-order valence-electron chi connectivity index (χ0n) is 23.7. The lowest BCUT2D eigenvalue weighted by atomic mass is 9.81. The summed E-state index contributed by atoms with van der Waals surface area (Å²) in [5.41, 5.74) is 2.51. The Kier molecular flexibility index (Phi) is 8.24. The molecule has 2 aliphatic rings. The number of nitrogen functional groups attached to an aromatic ring is 1. The molecule has 2 aromatic heterocycles. The lowest BCUT2D eigenvalue weighted by Crippen LogP contribution is -2.52. The molecule has 0 spiro atoms. The van der Waals surface area contributed by atoms with Gasteiger partial charge in [-0.1, -0.05) is 20.8 Å². The monoisotopic (exact) mass is 585 g/mol. The standard InChI is InChI=1S/C24H40N7O8P/c1-22(2,3)12-23(4,20(33)34)29-40(36,30-9-7-8-10-30)38-11-14-16(32)24(5,35)19(39-14)31-13-26-15-17(31)27-21(25)28-18(15)37-6/h13-14,16,19,32,35H,7-12H2,1-6H3,(H,29,36)(H,33,34)(H2,25,27,28)/t14-,16-,19-,23+,24-,40?/m1/s1. The highest BCUT2D eigenvalue weighted by atomic mass is 31.2. The Morgan fingerprint density at radius 1 is 1.30 bits per heavy atom. The van der Waals surface area contributed by atoms with Gasteiger partial charge in [0.05, 0.1) is 20.0 Å². The summed E-state index contributed by atoms with van der Waals surface area (Å²) in [6.07, 6.45) is -0.683. The Balaban J connectivity index is 1.60. The number of aliphatic hydroxyl groups is 2. The fraction of sp³-hybridized carbons (Fsp3) is 0.750. The highest BCUT2D eigenvalue weighted by Gasteiger charge is 2.55. The number of nitrogens with zero attached hydrogens (tertiary/aromatic N) is 5. The largest absolute Gasteiger partial charge is 0.480 e. The number of aromatic nitrogens is 4. The first-order chi connectivity index (χ1) is 18.5. The van der Waals surface area contributed by atoms with Gasteiger partial charge in [-0.2, -0.15) is 9.97 Å². The number of carbonyl (C=O) groups is 1. The number of aliphatic hydroxyl groups excluding tert-OH is 1. The first kappa shape index (κ1) is 30.6. The van der Waals surface area contributed by atoms with Crippen LogP contribution in [0.3, 0.4) is 0 Å². The van der Waals surface area contributed by atoms with Crippen LogP contribution in [0.2, 0.25) is 0 Å². The first-order valence-electron chi connectivity index (χ1n) is 13.1. The van der Waals surface area contributed by atoms with Gasteiger partial charge in [0.1, 0.15) is 23.3 Å². The fourth-order valence-electron chi connectivity index (χ4n) is 5.46. The average Bonchev–Trinajstić information content (AvgIpc) is 3.56. The summed E-state index contributed by atoms with van der Waals surface area (Å²) in [5.74, 6) is -1.11. The predicted octanol–water partition coefficient (Wildman–Crippen LogP) is 1.52. The van der Waals surface area contributed by atoms with Gasteiger partial charge in [-0.05, 0) is 38.5 Å². The van der Waals surface area contributed by atoms with Crippen molar-refractivity contribution in [2.75, 3.05) is 32.5 Å². The van der Waals surface area contributed by atoms with Crippen LogP contribution >= 0.6 is 7.67 Å². The van der Waals surface area contributed by atoms with E-state index in [9.17, 15) is 24.7 Å². The molecule has 16 heteroatoms. The minimum absolute atomic E-state index is 0.0847. The number of methoxy groups -OCH3 is 1. The topological polar surface area (TPSA) is 207 Å². The fourth-order valence-corrected chi connectivity index (χ4v) is 7.78. The van der Waals surface area contributed by atoms with Gasteiger partial charge < -0.3 is 35.1 Å². The van der Waals surface area contributed by atoms with Crippen molar-refractivity contribution in [2.24, 2.45) is 5.41 Å². The molecule has 0 bridgehead atoms. The number of ether oxygens (including phenoxy) is 2. The molecule has 2 saturated heterocycles. The van der Waals surface area contributed by atoms with E-state index in [0.717, 1.165) is 12.8 Å². The molecular weight excluding hydrogens is 545 g/mol. The molecule has 2 aromatic rings. The molecule has 2 aliphatic heterocycles. The molecule has 224 valence electrons. The van der Waals surface area contributed by atoms with E-state index < -0.39 is 55.2 Å². The van der Waals surface area contributed by atoms with Gasteiger partial charge in [0.2, 0.25) is 11.8 Å². The Morgan fingerprint density at radius 3 is 2.52 bits per heavy atom. The second kappa shape index (κ2) is 10.8. The van der Waals surface area contributed by atoms with E-state index in [1.807, 2.05) is 20.8 Å². The predicted molar refractivity (Wildman–Crippen MR) is 144 cm³/mol. The van der Waals surface area contributed by atoms with E-state index in [4.69, 9.17) is 19.7 Å². The number of hydrogen-bond donors (Lipinski definition) is 5. The number of carboxylic acid groups (broad SMARTS) is 1. The maximum atomic E-state index is 14.3. The van der Waals surface area contributed by atoms with Gasteiger partial charge in [0.15, 0.2) is 17.4 Å². The number of fused-ring (bicyclic) bond motifs is 1. The number of nitrogens with one attached hydrogen (secondary N) is 1. The summed E-state index contributed by atoms with van der Waals surface area (Å²) in [6.45, 7) is 9.08. The molecule has 4 rings (SSSR count). The van der Waals surface area contributed by atoms with E-state index in [0.29, 0.717) is 13.1 Å². The molecule has 6 N–H and O–H groups in total. The molecule has 0 aliphatic carbocycles. The lowest BCUT2D eigenvalue weighted by molar-refractivity contribution is -0.144. The summed E-state index contributed by atoms with van der Waals surface area (Å²) < 4.78 is 34.5. The Labute approximate surface area is 232 Å². The summed E-state index contributed by atoms with van der Waals surface area (Å²) in [4.78, 5) is 24.8. The van der Waals surface area contributed by atoms with Crippen molar-refractivity contribution < 1.29 is 38.7 Å². The van der Waals surface area contributed by atoms with Gasteiger partial charge in [-0.25, -0.2) is 14.7 Å². The molecule has 4 heterocycles. The zero-order chi connectivity index (χ0) is 29.7. The van der Waals surface area contributed by atoms with Crippen LogP contribution in [0.1, 0.15) is 60.1 Å². The summed E-state index contributed by atoms with van der Waals surface area (Å²) >= 11 is 0. The van der Waals surface area contributed by atoms with Crippen molar-refractivity contribution in [2.45, 2.75) is 83.5 Å². The lowest BCUT2D eigenvalue weighted by Gasteiger charge is -2.38. The van der Waals surface area contributed by atoms with Gasteiger partial charge in [0.25, 0.3) is 0 Å². The van der Waals surface area contributed by atoms with E-state index >= 15 is 0 Å². The Morgan fingerprint density at radius 2 is 1.95 bits per heavy atom. The van der Waals surface area contributed by atoms with E-state index in [2.05, 4.69) is 20.0 Å². The van der Waals surface area contributed by atoms with Crippen LogP contribution in [-0.2, 0) is 18.6 Å². The minimum atomic E-state index is -3.93. The van der Waals surface area contributed by atoms with Crippen LogP contribution in [0.15, 0.2) is 6.33 Å². The van der Waals surface area contributed by atoms with Crippen molar-refractivity contribution in [3.05, 3.63) is 6.33 Å². The molecule has 0 radical (unpaired) electrons. The molecule has 40 heavy (non-hydrogen) atoms. The Bertz CT molecular complexity index is 1290. The molecule has 0 aromatic carbocycles. The molecule has 0 saturated carbocycles. The quantitative estimate of drug-likeness (QED) is 0.251. The summed E-state index contributed by atoms with van der Waals surface area (Å²) in [5, 5.41) is 35.3. The van der Waals surface area contributed by atoms with Crippen molar-refractivity contribution in [3.8, 4) is 5.88 Å². The highest BCUT2D eigenvalue weighted by Crippen LogP contribution is 2.52. The Hall–Kier alpha value is -2.39.